The van der Waals surface area contributed by atoms with Gasteiger partial charge in [0.25, 0.3) is 0 Å². The van der Waals surface area contributed by atoms with Gasteiger partial charge in [0.05, 0.1) is 17.1 Å². The predicted molar refractivity (Wildman–Crippen MR) is 123 cm³/mol. The molecular weight excluding hydrogens is 397 g/mol. The average molecular weight is 441 g/mol. The van der Waals surface area contributed by atoms with Crippen molar-refractivity contribution in [3.05, 3.63) is 0 Å². The first-order chi connectivity index (χ1) is 13.8. The van der Waals surface area contributed by atoms with Gasteiger partial charge in [0.2, 0.25) is 0 Å². The number of hydrogen-bond donors (Lipinski definition) is 1. The number of carbonyl (C=O) groups is 2. The minimum atomic E-state index is -0.576. The number of nitrogens with one attached hydrogen (secondary N) is 1. The van der Waals surface area contributed by atoms with E-state index in [0.717, 1.165) is 19.2 Å². The highest BCUT2D eigenvalue weighted by Crippen LogP contribution is 2.38. The van der Waals surface area contributed by atoms with Crippen LogP contribution in [0, 0.1) is 11.8 Å². The Morgan fingerprint density at radius 3 is 1.87 bits per heavy atom. The fraction of sp³-hybridized carbons (Fsp3) is 0.913. The first-order valence-electron chi connectivity index (χ1n) is 11.4. The number of esters is 1. The second kappa shape index (κ2) is 10.1. The van der Waals surface area contributed by atoms with E-state index in [4.69, 9.17) is 18.8 Å². The van der Waals surface area contributed by atoms with E-state index in [-0.39, 0.29) is 36.1 Å². The molecule has 1 heterocycles. The van der Waals surface area contributed by atoms with E-state index in [9.17, 15) is 9.59 Å². The van der Waals surface area contributed by atoms with Crippen LogP contribution in [0.15, 0.2) is 0 Å². The first-order valence-corrected chi connectivity index (χ1v) is 11.4. The fourth-order valence-corrected chi connectivity index (χ4v) is 3.27. The fourth-order valence-electron chi connectivity index (χ4n) is 3.27. The quantitative estimate of drug-likeness (QED) is 0.423. The highest BCUT2D eigenvalue weighted by molar-refractivity contribution is 6.45. The zero-order chi connectivity index (χ0) is 24.3. The molecule has 180 valence electrons. The van der Waals surface area contributed by atoms with Gasteiger partial charge in [-0.05, 0) is 87.9 Å². The molecule has 0 saturated carbocycles. The summed E-state index contributed by atoms with van der Waals surface area (Å²) >= 11 is 0. The Morgan fingerprint density at radius 2 is 1.42 bits per heavy atom. The smallest absolute Gasteiger partial charge is 0.457 e. The Hall–Kier alpha value is -1.28. The molecule has 0 aromatic heterocycles. The highest BCUT2D eigenvalue weighted by Gasteiger charge is 2.50. The van der Waals surface area contributed by atoms with E-state index >= 15 is 0 Å². The Morgan fingerprint density at radius 1 is 0.935 bits per heavy atom. The Balaban J connectivity index is 2.71. The largest absolute Gasteiger partial charge is 0.460 e. The van der Waals surface area contributed by atoms with Crippen molar-refractivity contribution in [1.82, 2.24) is 5.32 Å². The average Bonchev–Trinajstić information content (AvgIpc) is 2.73. The van der Waals surface area contributed by atoms with Crippen molar-refractivity contribution in [2.75, 3.05) is 6.54 Å². The summed E-state index contributed by atoms with van der Waals surface area (Å²) in [7, 11) is -0.277. The van der Waals surface area contributed by atoms with Gasteiger partial charge in [0.15, 0.2) is 0 Å². The van der Waals surface area contributed by atoms with E-state index < -0.39 is 17.3 Å². The summed E-state index contributed by atoms with van der Waals surface area (Å²) in [4.78, 5) is 24.8. The lowest BCUT2D eigenvalue weighted by Crippen LogP contribution is -2.41. The summed E-state index contributed by atoms with van der Waals surface area (Å²) in [5.74, 6) is -0.726. The van der Waals surface area contributed by atoms with Crippen molar-refractivity contribution in [3.63, 3.8) is 0 Å². The summed E-state index contributed by atoms with van der Waals surface area (Å²) in [6.45, 7) is 21.3. The summed E-state index contributed by atoms with van der Waals surface area (Å²) in [5, 5.41) is 2.81. The molecule has 0 unspecified atom stereocenters. The van der Waals surface area contributed by atoms with Crippen LogP contribution in [0.2, 0.25) is 6.32 Å². The van der Waals surface area contributed by atoms with Crippen molar-refractivity contribution < 1.29 is 28.4 Å². The molecule has 1 aliphatic rings. The van der Waals surface area contributed by atoms with Crippen molar-refractivity contribution in [1.29, 1.82) is 0 Å². The van der Waals surface area contributed by atoms with Crippen LogP contribution in [0.1, 0.15) is 89.0 Å². The minimum absolute atomic E-state index is 0.0928. The summed E-state index contributed by atoms with van der Waals surface area (Å²) in [6.07, 6.45) is 1.75. The Labute approximate surface area is 189 Å². The molecule has 0 spiro atoms. The van der Waals surface area contributed by atoms with E-state index in [2.05, 4.69) is 5.32 Å². The van der Waals surface area contributed by atoms with Crippen molar-refractivity contribution in [2.24, 2.45) is 11.8 Å². The number of rotatable bonds is 8. The topological polar surface area (TPSA) is 83.1 Å². The third kappa shape index (κ3) is 9.40. The number of carbonyl (C=O) groups excluding carboxylic acids is 2. The molecule has 1 amide bonds. The molecule has 8 heteroatoms. The number of hydrogen-bond acceptors (Lipinski definition) is 6. The van der Waals surface area contributed by atoms with Gasteiger partial charge in [-0.1, -0.05) is 13.3 Å². The van der Waals surface area contributed by atoms with Gasteiger partial charge in [-0.3, -0.25) is 4.79 Å². The van der Waals surface area contributed by atoms with Gasteiger partial charge in [0.1, 0.15) is 11.2 Å². The van der Waals surface area contributed by atoms with Crippen LogP contribution >= 0.6 is 0 Å². The van der Waals surface area contributed by atoms with Crippen molar-refractivity contribution in [2.45, 2.75) is 118 Å². The van der Waals surface area contributed by atoms with Crippen LogP contribution in [-0.4, -0.2) is 48.1 Å². The molecule has 2 atom stereocenters. The SMILES string of the molecule is C[C@H](C(=O)OC(C)(C)C)[C@H](CCCB1OC(C)(C)C(C)(C)O1)CNC(=O)OC(C)(C)C. The summed E-state index contributed by atoms with van der Waals surface area (Å²) < 4.78 is 23.0. The van der Waals surface area contributed by atoms with Crippen LogP contribution < -0.4 is 5.32 Å². The molecule has 1 fully saturated rings. The monoisotopic (exact) mass is 441 g/mol. The van der Waals surface area contributed by atoms with Gasteiger partial charge < -0.3 is 24.1 Å². The Kier molecular flexibility index (Phi) is 9.06. The van der Waals surface area contributed by atoms with E-state index in [0.29, 0.717) is 6.54 Å². The van der Waals surface area contributed by atoms with Crippen molar-refractivity contribution in [3.8, 4) is 0 Å². The summed E-state index contributed by atoms with van der Waals surface area (Å²) in [5.41, 5.74) is -1.86. The van der Waals surface area contributed by atoms with Crippen LogP contribution in [0.4, 0.5) is 4.79 Å². The highest BCUT2D eigenvalue weighted by atomic mass is 16.7. The van der Waals surface area contributed by atoms with Gasteiger partial charge in [0, 0.05) is 6.54 Å². The second-order valence-electron chi connectivity index (χ2n) is 11.6. The van der Waals surface area contributed by atoms with Crippen LogP contribution in [-0.2, 0) is 23.6 Å². The third-order valence-corrected chi connectivity index (χ3v) is 5.71. The third-order valence-electron chi connectivity index (χ3n) is 5.71. The summed E-state index contributed by atoms with van der Waals surface area (Å²) in [6, 6.07) is 0. The maximum absolute atomic E-state index is 12.6. The molecular formula is C23H44BNO6. The predicted octanol–water partition coefficient (Wildman–Crippen LogP) is 4.98. The molecule has 0 aromatic rings. The van der Waals surface area contributed by atoms with Gasteiger partial charge in [-0.2, -0.15) is 0 Å². The zero-order valence-electron chi connectivity index (χ0n) is 21.5. The van der Waals surface area contributed by atoms with Crippen LogP contribution in [0.5, 0.6) is 0 Å². The zero-order valence-corrected chi connectivity index (χ0v) is 21.5. The lowest BCUT2D eigenvalue weighted by Gasteiger charge is -2.32. The van der Waals surface area contributed by atoms with Gasteiger partial charge in [-0.15, -0.1) is 0 Å². The lowest BCUT2D eigenvalue weighted by molar-refractivity contribution is -0.161. The van der Waals surface area contributed by atoms with Gasteiger partial charge >= 0.3 is 19.2 Å². The van der Waals surface area contributed by atoms with E-state index in [1.54, 1.807) is 0 Å². The number of ether oxygens (including phenoxy) is 2. The Bertz CT molecular complexity index is 605. The molecule has 7 nitrogen and oxygen atoms in total. The van der Waals surface area contributed by atoms with Crippen molar-refractivity contribution >= 4 is 19.2 Å². The molecule has 1 saturated heterocycles. The van der Waals surface area contributed by atoms with Gasteiger partial charge in [-0.25, -0.2) is 4.79 Å². The number of alkyl carbamates (subject to hydrolysis) is 1. The molecule has 0 bridgehead atoms. The van der Waals surface area contributed by atoms with Crippen LogP contribution in [0.25, 0.3) is 0 Å². The molecule has 1 rings (SSSR count). The van der Waals surface area contributed by atoms with Crippen LogP contribution in [0.3, 0.4) is 0 Å². The molecule has 1 N–H and O–H groups in total. The minimum Gasteiger partial charge on any atom is -0.460 e. The van der Waals surface area contributed by atoms with E-state index in [1.165, 1.54) is 0 Å². The normalized spacial score (nSPS) is 20.2. The molecule has 31 heavy (non-hydrogen) atoms. The van der Waals surface area contributed by atoms with E-state index in [1.807, 2.05) is 76.2 Å². The first kappa shape index (κ1) is 27.8. The molecule has 0 aromatic carbocycles. The second-order valence-corrected chi connectivity index (χ2v) is 11.6. The maximum Gasteiger partial charge on any atom is 0.457 e. The number of amides is 1. The molecule has 0 aliphatic carbocycles. The molecule has 1 aliphatic heterocycles. The maximum atomic E-state index is 12.6. The lowest BCUT2D eigenvalue weighted by atomic mass is 9.79. The standard InChI is InChI=1S/C23H44BNO6/c1-16(18(26)28-20(2,3)4)17(15-25-19(27)29-21(5,6)7)13-12-14-24-30-22(8,9)23(10,11)31-24/h16-17H,12-15H2,1-11H3,(H,25,27)/t16-,17+/m0/s1. The molecule has 0 radical (unpaired) electrons.